The number of rotatable bonds is 4. The zero-order valence-corrected chi connectivity index (χ0v) is 10.5. The number of nitrogens with two attached hydrogens (primary N) is 1. The number of hydrogen-bond acceptors (Lipinski definition) is 3. The molecule has 0 spiro atoms. The highest BCUT2D eigenvalue weighted by Crippen LogP contribution is 2.19. The Labute approximate surface area is 110 Å². The van der Waals surface area contributed by atoms with Gasteiger partial charge >= 0.3 is 0 Å². The van der Waals surface area contributed by atoms with E-state index in [1.54, 1.807) is 12.1 Å². The first-order valence-corrected chi connectivity index (χ1v) is 5.83. The smallest absolute Gasteiger partial charge is 0.142 e. The molecule has 3 nitrogen and oxygen atoms in total. The molecule has 2 aromatic rings. The van der Waals surface area contributed by atoms with Gasteiger partial charge in [0.15, 0.2) is 0 Å². The van der Waals surface area contributed by atoms with Crippen LogP contribution in [0.4, 0.5) is 8.78 Å². The van der Waals surface area contributed by atoms with Crippen LogP contribution in [0.25, 0.3) is 0 Å². The van der Waals surface area contributed by atoms with E-state index in [1.165, 1.54) is 0 Å². The van der Waals surface area contributed by atoms with Crippen LogP contribution in [-0.2, 0) is 13.2 Å². The summed E-state index contributed by atoms with van der Waals surface area (Å²) in [5.41, 5.74) is 7.14. The summed E-state index contributed by atoms with van der Waals surface area (Å²) in [5, 5.41) is 0. The number of aromatic nitrogens is 1. The number of benzene rings is 1. The van der Waals surface area contributed by atoms with E-state index >= 15 is 0 Å². The van der Waals surface area contributed by atoms with Crippen LogP contribution in [0.15, 0.2) is 30.3 Å². The summed E-state index contributed by atoms with van der Waals surface area (Å²) in [7, 11) is 0. The zero-order valence-electron chi connectivity index (χ0n) is 10.5. The molecular weight excluding hydrogens is 250 g/mol. The van der Waals surface area contributed by atoms with E-state index < -0.39 is 11.6 Å². The molecule has 0 unspecified atom stereocenters. The van der Waals surface area contributed by atoms with Gasteiger partial charge in [-0.05, 0) is 37.3 Å². The highest BCUT2D eigenvalue weighted by atomic mass is 19.1. The summed E-state index contributed by atoms with van der Waals surface area (Å²) in [4.78, 5) is 4.23. The molecule has 0 saturated heterocycles. The fourth-order valence-corrected chi connectivity index (χ4v) is 1.68. The molecule has 0 radical (unpaired) electrons. The molecular formula is C14H14F2N2O. The van der Waals surface area contributed by atoms with Crippen LogP contribution in [0.5, 0.6) is 5.75 Å². The van der Waals surface area contributed by atoms with Crippen molar-refractivity contribution in [2.45, 2.75) is 20.1 Å². The number of hydrogen-bond donors (Lipinski definition) is 1. The Morgan fingerprint density at radius 3 is 2.74 bits per heavy atom. The molecule has 1 aromatic carbocycles. The fraction of sp³-hybridized carbons (Fsp3) is 0.214. The lowest BCUT2D eigenvalue weighted by molar-refractivity contribution is 0.294. The SMILES string of the molecule is Cc1ccc(OCc2cc(F)ccc2F)c(CN)n1. The third-order valence-corrected chi connectivity index (χ3v) is 2.66. The van der Waals surface area contributed by atoms with Crippen LogP contribution in [0.2, 0.25) is 0 Å². The van der Waals surface area contributed by atoms with Gasteiger partial charge in [-0.2, -0.15) is 0 Å². The lowest BCUT2D eigenvalue weighted by atomic mass is 10.2. The van der Waals surface area contributed by atoms with Crippen molar-refractivity contribution in [3.63, 3.8) is 0 Å². The second-order valence-corrected chi connectivity index (χ2v) is 4.13. The Morgan fingerprint density at radius 2 is 2.00 bits per heavy atom. The van der Waals surface area contributed by atoms with Crippen molar-refractivity contribution < 1.29 is 13.5 Å². The molecule has 0 amide bonds. The van der Waals surface area contributed by atoms with Gasteiger partial charge in [0, 0.05) is 17.8 Å². The van der Waals surface area contributed by atoms with Gasteiger partial charge in [-0.1, -0.05) is 0 Å². The van der Waals surface area contributed by atoms with Crippen LogP contribution in [0, 0.1) is 18.6 Å². The Balaban J connectivity index is 2.16. The van der Waals surface area contributed by atoms with Crippen LogP contribution < -0.4 is 10.5 Å². The van der Waals surface area contributed by atoms with Gasteiger partial charge in [0.2, 0.25) is 0 Å². The molecule has 0 aliphatic rings. The van der Waals surface area contributed by atoms with Crippen LogP contribution in [0.1, 0.15) is 17.0 Å². The Kier molecular flexibility index (Phi) is 4.06. The lowest BCUT2D eigenvalue weighted by Gasteiger charge is -2.11. The third kappa shape index (κ3) is 3.26. The maximum absolute atomic E-state index is 13.4. The summed E-state index contributed by atoms with van der Waals surface area (Å²) in [6, 6.07) is 6.75. The predicted molar refractivity (Wildman–Crippen MR) is 67.6 cm³/mol. The van der Waals surface area contributed by atoms with E-state index in [-0.39, 0.29) is 18.7 Å². The first-order chi connectivity index (χ1) is 9.10. The minimum absolute atomic E-state index is 0.0681. The topological polar surface area (TPSA) is 48.1 Å². The standard InChI is InChI=1S/C14H14F2N2O/c1-9-2-5-14(13(7-17)18-9)19-8-10-6-11(15)3-4-12(10)16/h2-6H,7-8,17H2,1H3. The molecule has 0 fully saturated rings. The molecule has 0 aliphatic carbocycles. The van der Waals surface area contributed by atoms with Gasteiger partial charge in [0.05, 0.1) is 5.69 Å². The minimum atomic E-state index is -0.504. The monoisotopic (exact) mass is 264 g/mol. The summed E-state index contributed by atoms with van der Waals surface area (Å²) in [6.45, 7) is 2.00. The van der Waals surface area contributed by atoms with Crippen LogP contribution in [-0.4, -0.2) is 4.98 Å². The molecule has 0 atom stereocenters. The maximum Gasteiger partial charge on any atom is 0.142 e. The summed E-state index contributed by atoms with van der Waals surface area (Å²) < 4.78 is 31.9. The van der Waals surface area contributed by atoms with Gasteiger partial charge in [-0.3, -0.25) is 4.98 Å². The molecule has 5 heteroatoms. The normalized spacial score (nSPS) is 10.5. The van der Waals surface area contributed by atoms with Crippen LogP contribution >= 0.6 is 0 Å². The minimum Gasteiger partial charge on any atom is -0.487 e. The van der Waals surface area contributed by atoms with E-state index in [4.69, 9.17) is 10.5 Å². The van der Waals surface area contributed by atoms with Crippen molar-refractivity contribution in [1.29, 1.82) is 0 Å². The first-order valence-electron chi connectivity index (χ1n) is 5.83. The number of pyridine rings is 1. The average molecular weight is 264 g/mol. The number of halogens is 2. The Hall–Kier alpha value is -2.01. The quantitative estimate of drug-likeness (QED) is 0.923. The molecule has 19 heavy (non-hydrogen) atoms. The van der Waals surface area contributed by atoms with E-state index in [2.05, 4.69) is 4.98 Å². The molecule has 0 aliphatic heterocycles. The molecule has 0 saturated carbocycles. The third-order valence-electron chi connectivity index (χ3n) is 2.66. The van der Waals surface area contributed by atoms with Gasteiger partial charge in [0.1, 0.15) is 24.0 Å². The van der Waals surface area contributed by atoms with Crippen molar-refractivity contribution in [2.24, 2.45) is 5.73 Å². The second kappa shape index (κ2) is 5.75. The molecule has 100 valence electrons. The predicted octanol–water partition coefficient (Wildman–Crippen LogP) is 2.71. The molecule has 1 heterocycles. The maximum atomic E-state index is 13.4. The van der Waals surface area contributed by atoms with E-state index in [0.29, 0.717) is 11.4 Å². The van der Waals surface area contributed by atoms with Gasteiger partial charge in [-0.25, -0.2) is 8.78 Å². The van der Waals surface area contributed by atoms with Gasteiger partial charge in [0.25, 0.3) is 0 Å². The summed E-state index contributed by atoms with van der Waals surface area (Å²) in [6.07, 6.45) is 0. The fourth-order valence-electron chi connectivity index (χ4n) is 1.68. The van der Waals surface area contributed by atoms with Gasteiger partial charge < -0.3 is 10.5 Å². The van der Waals surface area contributed by atoms with Gasteiger partial charge in [-0.15, -0.1) is 0 Å². The van der Waals surface area contributed by atoms with Crippen LogP contribution in [0.3, 0.4) is 0 Å². The van der Waals surface area contributed by atoms with Crippen molar-refractivity contribution in [2.75, 3.05) is 0 Å². The number of aryl methyl sites for hydroxylation is 1. The number of ether oxygens (including phenoxy) is 1. The van der Waals surface area contributed by atoms with Crippen molar-refractivity contribution in [1.82, 2.24) is 4.98 Å². The second-order valence-electron chi connectivity index (χ2n) is 4.13. The van der Waals surface area contributed by atoms with Crippen molar-refractivity contribution in [3.8, 4) is 5.75 Å². The summed E-state index contributed by atoms with van der Waals surface area (Å²) >= 11 is 0. The average Bonchev–Trinajstić information content (AvgIpc) is 2.40. The van der Waals surface area contributed by atoms with Crippen molar-refractivity contribution in [3.05, 3.63) is 58.9 Å². The lowest BCUT2D eigenvalue weighted by Crippen LogP contribution is -2.06. The Morgan fingerprint density at radius 1 is 1.21 bits per heavy atom. The molecule has 2 rings (SSSR count). The largest absolute Gasteiger partial charge is 0.487 e. The highest BCUT2D eigenvalue weighted by Gasteiger charge is 2.08. The highest BCUT2D eigenvalue weighted by molar-refractivity contribution is 5.29. The first kappa shape index (κ1) is 13.4. The molecule has 1 aromatic heterocycles. The summed E-state index contributed by atoms with van der Waals surface area (Å²) in [5.74, 6) is -0.520. The molecule has 0 bridgehead atoms. The van der Waals surface area contributed by atoms with E-state index in [0.717, 1.165) is 23.9 Å². The van der Waals surface area contributed by atoms with Crippen molar-refractivity contribution >= 4 is 0 Å². The zero-order chi connectivity index (χ0) is 13.8. The number of nitrogens with zero attached hydrogens (tertiary/aromatic N) is 1. The van der Waals surface area contributed by atoms with E-state index in [9.17, 15) is 8.78 Å². The Bertz CT molecular complexity index is 588. The molecule has 2 N–H and O–H groups in total. The van der Waals surface area contributed by atoms with E-state index in [1.807, 2.05) is 6.92 Å².